The lowest BCUT2D eigenvalue weighted by molar-refractivity contribution is -0.122. The number of rotatable bonds is 1. The molecule has 0 aromatic rings. The van der Waals surface area contributed by atoms with Crippen LogP contribution in [0.4, 0.5) is 0 Å². The normalized spacial score (nSPS) is 40.9. The molecule has 0 heterocycles. The highest BCUT2D eigenvalue weighted by Crippen LogP contribution is 2.45. The Kier molecular flexibility index (Phi) is 2.20. The van der Waals surface area contributed by atoms with E-state index in [-0.39, 0.29) is 0 Å². The number of hydrogen-bond donors (Lipinski definition) is 0. The minimum Gasteiger partial charge on any atom is -0.300 e. The predicted molar refractivity (Wildman–Crippen MR) is 48.9 cm³/mol. The van der Waals surface area contributed by atoms with E-state index < -0.39 is 0 Å². The molecule has 0 amide bonds. The molecule has 2 aliphatic rings. The van der Waals surface area contributed by atoms with Gasteiger partial charge in [0.25, 0.3) is 0 Å². The SMILES string of the molecule is CC(=O)C1[C@@H]2CCCC[C@H]1CC2. The van der Waals surface area contributed by atoms with Gasteiger partial charge in [0.15, 0.2) is 0 Å². The molecule has 0 N–H and O–H groups in total. The van der Waals surface area contributed by atoms with E-state index in [0.29, 0.717) is 11.7 Å². The van der Waals surface area contributed by atoms with Gasteiger partial charge in [-0.05, 0) is 44.4 Å². The van der Waals surface area contributed by atoms with Gasteiger partial charge in [0, 0.05) is 5.92 Å². The van der Waals surface area contributed by atoms with E-state index in [2.05, 4.69) is 0 Å². The monoisotopic (exact) mass is 166 g/mol. The summed E-state index contributed by atoms with van der Waals surface area (Å²) in [6.45, 7) is 1.79. The first-order chi connectivity index (χ1) is 5.79. The van der Waals surface area contributed by atoms with Gasteiger partial charge >= 0.3 is 0 Å². The van der Waals surface area contributed by atoms with Crippen molar-refractivity contribution in [3.8, 4) is 0 Å². The first-order valence-electron chi connectivity index (χ1n) is 5.29. The Labute approximate surface area is 74.5 Å². The van der Waals surface area contributed by atoms with E-state index >= 15 is 0 Å². The van der Waals surface area contributed by atoms with Gasteiger partial charge in [0.2, 0.25) is 0 Å². The van der Waals surface area contributed by atoms with E-state index in [1.165, 1.54) is 38.5 Å². The molecule has 2 saturated carbocycles. The molecule has 1 unspecified atom stereocenters. The maximum atomic E-state index is 11.4. The van der Waals surface area contributed by atoms with Crippen molar-refractivity contribution in [2.45, 2.75) is 45.4 Å². The van der Waals surface area contributed by atoms with Gasteiger partial charge < -0.3 is 0 Å². The summed E-state index contributed by atoms with van der Waals surface area (Å²) < 4.78 is 0. The number of carbonyl (C=O) groups is 1. The summed E-state index contributed by atoms with van der Waals surface area (Å²) in [4.78, 5) is 11.4. The Balaban J connectivity index is 2.14. The van der Waals surface area contributed by atoms with Gasteiger partial charge in [-0.25, -0.2) is 0 Å². The lowest BCUT2D eigenvalue weighted by atomic mass is 9.85. The van der Waals surface area contributed by atoms with Gasteiger partial charge in [-0.2, -0.15) is 0 Å². The van der Waals surface area contributed by atoms with Crippen molar-refractivity contribution >= 4 is 5.78 Å². The second kappa shape index (κ2) is 3.20. The van der Waals surface area contributed by atoms with Gasteiger partial charge in [-0.15, -0.1) is 0 Å². The average Bonchev–Trinajstić information content (AvgIpc) is 2.24. The summed E-state index contributed by atoms with van der Waals surface area (Å²) >= 11 is 0. The summed E-state index contributed by atoms with van der Waals surface area (Å²) in [5, 5.41) is 0. The van der Waals surface area contributed by atoms with Crippen LogP contribution in [-0.2, 0) is 4.79 Å². The van der Waals surface area contributed by atoms with Crippen LogP contribution < -0.4 is 0 Å². The summed E-state index contributed by atoms with van der Waals surface area (Å²) in [5.41, 5.74) is 0. The van der Waals surface area contributed by atoms with E-state index in [1.807, 2.05) is 0 Å². The van der Waals surface area contributed by atoms with Crippen LogP contribution in [0.1, 0.15) is 45.4 Å². The Morgan fingerprint density at radius 2 is 1.50 bits per heavy atom. The Morgan fingerprint density at radius 3 is 1.92 bits per heavy atom. The smallest absolute Gasteiger partial charge is 0.133 e. The molecule has 68 valence electrons. The van der Waals surface area contributed by atoms with Crippen LogP contribution in [-0.4, -0.2) is 5.78 Å². The average molecular weight is 166 g/mol. The fourth-order valence-electron chi connectivity index (χ4n) is 3.30. The van der Waals surface area contributed by atoms with Gasteiger partial charge in [0.1, 0.15) is 5.78 Å². The first kappa shape index (κ1) is 8.28. The zero-order chi connectivity index (χ0) is 8.55. The fourth-order valence-corrected chi connectivity index (χ4v) is 3.30. The van der Waals surface area contributed by atoms with Crippen LogP contribution in [0.3, 0.4) is 0 Å². The van der Waals surface area contributed by atoms with E-state index in [0.717, 1.165) is 11.8 Å². The first-order valence-corrected chi connectivity index (χ1v) is 5.29. The van der Waals surface area contributed by atoms with Crippen molar-refractivity contribution in [2.24, 2.45) is 17.8 Å². The molecule has 0 saturated heterocycles. The number of hydrogen-bond acceptors (Lipinski definition) is 1. The molecule has 12 heavy (non-hydrogen) atoms. The molecule has 1 heteroatoms. The van der Waals surface area contributed by atoms with Crippen LogP contribution >= 0.6 is 0 Å². The molecule has 0 radical (unpaired) electrons. The van der Waals surface area contributed by atoms with Crippen molar-refractivity contribution in [1.82, 2.24) is 0 Å². The van der Waals surface area contributed by atoms with Crippen molar-refractivity contribution in [2.75, 3.05) is 0 Å². The van der Waals surface area contributed by atoms with E-state index in [4.69, 9.17) is 0 Å². The molecule has 2 rings (SSSR count). The highest BCUT2D eigenvalue weighted by molar-refractivity contribution is 5.79. The quantitative estimate of drug-likeness (QED) is 0.585. The molecule has 2 fully saturated rings. The fraction of sp³-hybridized carbons (Fsp3) is 0.909. The zero-order valence-corrected chi connectivity index (χ0v) is 7.88. The van der Waals surface area contributed by atoms with E-state index in [9.17, 15) is 4.79 Å². The third-order valence-corrected chi connectivity index (χ3v) is 3.79. The summed E-state index contributed by atoms with van der Waals surface area (Å²) in [6.07, 6.45) is 8.03. The summed E-state index contributed by atoms with van der Waals surface area (Å²) in [7, 11) is 0. The molecule has 0 aliphatic heterocycles. The Hall–Kier alpha value is -0.330. The summed E-state index contributed by atoms with van der Waals surface area (Å²) in [6, 6.07) is 0. The number of carbonyl (C=O) groups excluding carboxylic acids is 1. The molecule has 0 aromatic carbocycles. The van der Waals surface area contributed by atoms with Crippen LogP contribution in [0.2, 0.25) is 0 Å². The predicted octanol–water partition coefficient (Wildman–Crippen LogP) is 2.79. The van der Waals surface area contributed by atoms with Crippen LogP contribution in [0.15, 0.2) is 0 Å². The standard InChI is InChI=1S/C11H18O/c1-8(12)11-9-4-2-3-5-10(11)7-6-9/h9-11H,2-7H2,1H3/t9-,10+,11?. The molecule has 2 aliphatic carbocycles. The van der Waals surface area contributed by atoms with Gasteiger partial charge in [-0.3, -0.25) is 4.79 Å². The zero-order valence-electron chi connectivity index (χ0n) is 7.88. The lowest BCUT2D eigenvalue weighted by Gasteiger charge is -2.18. The van der Waals surface area contributed by atoms with Crippen molar-refractivity contribution in [3.05, 3.63) is 0 Å². The second-order valence-electron chi connectivity index (χ2n) is 4.52. The van der Waals surface area contributed by atoms with Gasteiger partial charge in [0.05, 0.1) is 0 Å². The van der Waals surface area contributed by atoms with Crippen molar-refractivity contribution in [1.29, 1.82) is 0 Å². The molecule has 0 spiro atoms. The minimum atomic E-state index is 0.451. The lowest BCUT2D eigenvalue weighted by Crippen LogP contribution is -2.20. The molecule has 2 bridgehead atoms. The maximum Gasteiger partial charge on any atom is 0.133 e. The largest absolute Gasteiger partial charge is 0.300 e. The molecular weight excluding hydrogens is 148 g/mol. The topological polar surface area (TPSA) is 17.1 Å². The summed E-state index contributed by atoms with van der Waals surface area (Å²) in [5.74, 6) is 2.43. The number of ketones is 1. The number of Topliss-reactive ketones (excluding diaryl/α,β-unsaturated/α-hetero) is 1. The third-order valence-electron chi connectivity index (χ3n) is 3.79. The van der Waals surface area contributed by atoms with Crippen LogP contribution in [0, 0.1) is 17.8 Å². The Morgan fingerprint density at radius 1 is 1.00 bits per heavy atom. The third kappa shape index (κ3) is 1.30. The minimum absolute atomic E-state index is 0.451. The Bertz CT molecular complexity index is 171. The molecule has 1 nitrogen and oxygen atoms in total. The maximum absolute atomic E-state index is 11.4. The van der Waals surface area contributed by atoms with Crippen molar-refractivity contribution in [3.63, 3.8) is 0 Å². The highest BCUT2D eigenvalue weighted by atomic mass is 16.1. The molecule has 0 aromatic heterocycles. The van der Waals surface area contributed by atoms with Crippen LogP contribution in [0.25, 0.3) is 0 Å². The highest BCUT2D eigenvalue weighted by Gasteiger charge is 2.39. The molecule has 3 atom stereocenters. The molecular formula is C11H18O. The van der Waals surface area contributed by atoms with Gasteiger partial charge in [-0.1, -0.05) is 12.8 Å². The second-order valence-corrected chi connectivity index (χ2v) is 4.52. The number of fused-ring (bicyclic) bond motifs is 2. The van der Waals surface area contributed by atoms with Crippen molar-refractivity contribution < 1.29 is 4.79 Å². The van der Waals surface area contributed by atoms with Crippen LogP contribution in [0.5, 0.6) is 0 Å². The van der Waals surface area contributed by atoms with E-state index in [1.54, 1.807) is 6.92 Å².